The van der Waals surface area contributed by atoms with E-state index in [4.69, 9.17) is 14.6 Å². The summed E-state index contributed by atoms with van der Waals surface area (Å²) in [5, 5.41) is 29.6. The first-order chi connectivity index (χ1) is 12.0. The molecule has 2 aliphatic heterocycles. The smallest absolute Gasteiger partial charge is 0.225 e. The van der Waals surface area contributed by atoms with Gasteiger partial charge in [-0.25, -0.2) is 0 Å². The molecule has 8 heteroatoms. The Morgan fingerprint density at radius 2 is 2.16 bits per heavy atom. The van der Waals surface area contributed by atoms with Crippen LogP contribution in [0, 0.1) is 0 Å². The number of nitrogens with zero attached hydrogens (tertiary/aromatic N) is 1. The summed E-state index contributed by atoms with van der Waals surface area (Å²) in [5.41, 5.74) is 1.78. The van der Waals surface area contributed by atoms with E-state index in [9.17, 15) is 15.0 Å². The van der Waals surface area contributed by atoms with Crippen molar-refractivity contribution in [3.8, 4) is 5.75 Å². The van der Waals surface area contributed by atoms with E-state index in [1.54, 1.807) is 13.0 Å². The molecule has 2 heterocycles. The van der Waals surface area contributed by atoms with E-state index in [2.05, 4.69) is 10.3 Å². The van der Waals surface area contributed by atoms with Gasteiger partial charge in [-0.3, -0.25) is 9.79 Å². The zero-order valence-corrected chi connectivity index (χ0v) is 14.3. The largest absolute Gasteiger partial charge is 0.460 e. The first-order valence-corrected chi connectivity index (χ1v) is 8.18. The van der Waals surface area contributed by atoms with Crippen LogP contribution in [0.4, 0.5) is 5.69 Å². The zero-order valence-electron chi connectivity index (χ0n) is 14.3. The van der Waals surface area contributed by atoms with Gasteiger partial charge in [0.1, 0.15) is 23.6 Å². The number of para-hydroxylation sites is 1. The van der Waals surface area contributed by atoms with Gasteiger partial charge >= 0.3 is 0 Å². The predicted molar refractivity (Wildman–Crippen MR) is 90.8 cm³/mol. The number of aliphatic hydroxyl groups is 3. The molecule has 138 valence electrons. The van der Waals surface area contributed by atoms with Gasteiger partial charge in [0.25, 0.3) is 0 Å². The fourth-order valence-corrected chi connectivity index (χ4v) is 2.64. The number of rotatable bonds is 3. The molecule has 0 aliphatic carbocycles. The molecule has 25 heavy (non-hydrogen) atoms. The van der Waals surface area contributed by atoms with E-state index in [1.165, 1.54) is 6.92 Å². The molecule has 1 aromatic rings. The molecule has 4 N–H and O–H groups in total. The van der Waals surface area contributed by atoms with Crippen molar-refractivity contribution in [3.63, 3.8) is 0 Å². The van der Waals surface area contributed by atoms with Crippen LogP contribution >= 0.6 is 0 Å². The van der Waals surface area contributed by atoms with Crippen molar-refractivity contribution in [2.75, 3.05) is 6.61 Å². The van der Waals surface area contributed by atoms with Crippen LogP contribution in [-0.4, -0.2) is 58.8 Å². The van der Waals surface area contributed by atoms with Gasteiger partial charge in [-0.15, -0.1) is 0 Å². The molecule has 0 radical (unpaired) electrons. The number of amides is 1. The summed E-state index contributed by atoms with van der Waals surface area (Å²) in [6.07, 6.45) is -0.0800. The number of aryl methyl sites for hydroxylation is 1. The van der Waals surface area contributed by atoms with E-state index in [-0.39, 0.29) is 12.5 Å². The van der Waals surface area contributed by atoms with Crippen LogP contribution in [0.5, 0.6) is 5.75 Å². The summed E-state index contributed by atoms with van der Waals surface area (Å²) in [6, 6.07) is 4.72. The van der Waals surface area contributed by atoms with Gasteiger partial charge in [0.05, 0.1) is 0 Å². The Balaban J connectivity index is 0.000000701. The summed E-state index contributed by atoms with van der Waals surface area (Å²) in [4.78, 5) is 15.6. The molecule has 0 bridgehead atoms. The molecule has 1 amide bonds. The van der Waals surface area contributed by atoms with Crippen molar-refractivity contribution in [1.29, 1.82) is 0 Å². The topological polar surface area (TPSA) is 121 Å². The van der Waals surface area contributed by atoms with Crippen LogP contribution in [0.1, 0.15) is 25.8 Å². The average Bonchev–Trinajstić information content (AvgIpc) is 2.83. The third-order valence-corrected chi connectivity index (χ3v) is 3.69. The van der Waals surface area contributed by atoms with Crippen LogP contribution in [0.15, 0.2) is 23.2 Å². The average molecular weight is 352 g/mol. The molecule has 0 aromatic heterocycles. The Labute approximate surface area is 146 Å². The quantitative estimate of drug-likeness (QED) is 0.619. The maximum atomic E-state index is 11.2. The van der Waals surface area contributed by atoms with Crippen molar-refractivity contribution in [3.05, 3.63) is 23.8 Å². The van der Waals surface area contributed by atoms with Gasteiger partial charge in [0.15, 0.2) is 6.29 Å². The lowest BCUT2D eigenvalue weighted by Gasteiger charge is -2.23. The second-order valence-electron chi connectivity index (χ2n) is 5.66. The van der Waals surface area contributed by atoms with E-state index in [1.807, 2.05) is 18.3 Å². The van der Waals surface area contributed by atoms with E-state index >= 15 is 0 Å². The number of hydrogen-bond acceptors (Lipinski definition) is 7. The Hall–Kier alpha value is -2.00. The maximum Gasteiger partial charge on any atom is 0.225 e. The second-order valence-corrected chi connectivity index (χ2v) is 5.66. The van der Waals surface area contributed by atoms with Crippen molar-refractivity contribution < 1.29 is 29.6 Å². The molecule has 1 aromatic carbocycles. The first-order valence-electron chi connectivity index (χ1n) is 8.18. The molecule has 1 saturated heterocycles. The lowest BCUT2D eigenvalue weighted by molar-refractivity contribution is -0.168. The highest BCUT2D eigenvalue weighted by Gasteiger charge is 2.45. The molecule has 2 aliphatic rings. The minimum Gasteiger partial charge on any atom is -0.460 e. The monoisotopic (exact) mass is 352 g/mol. The van der Waals surface area contributed by atoms with E-state index in [0.29, 0.717) is 5.75 Å². The molecule has 0 spiro atoms. The number of aliphatic hydroxyl groups excluding tert-OH is 3. The van der Waals surface area contributed by atoms with Crippen molar-refractivity contribution in [2.24, 2.45) is 4.99 Å². The van der Waals surface area contributed by atoms with Gasteiger partial charge in [-0.05, 0) is 31.4 Å². The molecule has 0 saturated carbocycles. The number of carbonyl (C=O) groups is 1. The number of carbonyl (C=O) groups excluding carboxylic acids is 1. The molecule has 8 nitrogen and oxygen atoms in total. The molecule has 4 atom stereocenters. The molecular weight excluding hydrogens is 328 g/mol. The van der Waals surface area contributed by atoms with Crippen molar-refractivity contribution in [2.45, 2.75) is 51.4 Å². The molecule has 3 rings (SSSR count). The zero-order chi connectivity index (χ0) is 18.4. The van der Waals surface area contributed by atoms with Gasteiger partial charge in [-0.1, -0.05) is 12.1 Å². The third-order valence-electron chi connectivity index (χ3n) is 3.69. The number of hydrogen-bond donors (Lipinski definition) is 4. The molecule has 4 unspecified atom stereocenters. The van der Waals surface area contributed by atoms with Crippen LogP contribution < -0.4 is 10.1 Å². The SMILES string of the molecule is CC(=O)NC1C(Oc2cccc3c2N=CCC3)OC(O)C1O.CCO. The van der Waals surface area contributed by atoms with E-state index < -0.39 is 24.7 Å². The van der Waals surface area contributed by atoms with Crippen LogP contribution in [0.3, 0.4) is 0 Å². The number of benzene rings is 1. The van der Waals surface area contributed by atoms with E-state index in [0.717, 1.165) is 24.1 Å². The fraction of sp³-hybridized carbons (Fsp3) is 0.529. The Morgan fingerprint density at radius 3 is 2.84 bits per heavy atom. The molecular formula is C17H24N2O6. The lowest BCUT2D eigenvalue weighted by Crippen LogP contribution is -2.48. The number of fused-ring (bicyclic) bond motifs is 1. The Kier molecular flexibility index (Phi) is 6.89. The minimum atomic E-state index is -1.41. The highest BCUT2D eigenvalue weighted by atomic mass is 16.7. The Morgan fingerprint density at radius 1 is 1.44 bits per heavy atom. The normalized spacial score (nSPS) is 27.1. The molecule has 1 fully saturated rings. The standard InChI is InChI=1S/C15H18N2O5.C2H6O/c1-8(18)17-12-13(19)14(20)22-15(12)21-10-6-2-4-9-5-3-7-16-11(9)10;1-2-3/h2,4,6-7,12-15,19-20H,3,5H2,1H3,(H,17,18);3H,2H2,1H3. The number of aliphatic imine (C=N–C) groups is 1. The van der Waals surface area contributed by atoms with Crippen molar-refractivity contribution >= 4 is 17.8 Å². The summed E-state index contributed by atoms with van der Waals surface area (Å²) < 4.78 is 11.0. The summed E-state index contributed by atoms with van der Waals surface area (Å²) in [6.45, 7) is 3.25. The fourth-order valence-electron chi connectivity index (χ4n) is 2.64. The lowest BCUT2D eigenvalue weighted by atomic mass is 10.0. The van der Waals surface area contributed by atoms with Gasteiger partial charge in [0, 0.05) is 19.7 Å². The van der Waals surface area contributed by atoms with Crippen molar-refractivity contribution in [1.82, 2.24) is 5.32 Å². The maximum absolute atomic E-state index is 11.2. The van der Waals surface area contributed by atoms with Crippen LogP contribution in [0.2, 0.25) is 0 Å². The summed E-state index contributed by atoms with van der Waals surface area (Å²) >= 11 is 0. The number of nitrogens with one attached hydrogen (secondary N) is 1. The van der Waals surface area contributed by atoms with Gasteiger partial charge in [-0.2, -0.15) is 0 Å². The second kappa shape index (κ2) is 8.91. The third kappa shape index (κ3) is 4.76. The van der Waals surface area contributed by atoms with Crippen LogP contribution in [-0.2, 0) is 16.0 Å². The summed E-state index contributed by atoms with van der Waals surface area (Å²) in [7, 11) is 0. The first kappa shape index (κ1) is 19.3. The van der Waals surface area contributed by atoms with Gasteiger partial charge < -0.3 is 30.1 Å². The highest BCUT2D eigenvalue weighted by Crippen LogP contribution is 2.36. The predicted octanol–water partition coefficient (Wildman–Crippen LogP) is 0.253. The van der Waals surface area contributed by atoms with Crippen LogP contribution in [0.25, 0.3) is 0 Å². The summed E-state index contributed by atoms with van der Waals surface area (Å²) in [5.74, 6) is 0.151. The highest BCUT2D eigenvalue weighted by molar-refractivity contribution is 5.74. The Bertz CT molecular complexity index is 621. The number of ether oxygens (including phenoxy) is 2. The minimum absolute atomic E-state index is 0.250. The van der Waals surface area contributed by atoms with Gasteiger partial charge in [0.2, 0.25) is 12.2 Å².